The van der Waals surface area contributed by atoms with Crippen LogP contribution >= 0.6 is 22.7 Å². The lowest BCUT2D eigenvalue weighted by atomic mass is 9.88. The van der Waals surface area contributed by atoms with E-state index in [9.17, 15) is 0 Å². The second kappa shape index (κ2) is 9.53. The summed E-state index contributed by atoms with van der Waals surface area (Å²) in [5.41, 5.74) is 0. The molecule has 2 aromatic rings. The highest BCUT2D eigenvalue weighted by Crippen LogP contribution is 2.36. The molecule has 2 atom stereocenters. The van der Waals surface area contributed by atoms with Crippen LogP contribution in [0, 0.1) is 5.92 Å². The molecule has 1 aliphatic heterocycles. The van der Waals surface area contributed by atoms with Crippen molar-refractivity contribution in [3.8, 4) is 0 Å². The van der Waals surface area contributed by atoms with Crippen molar-refractivity contribution in [1.29, 1.82) is 0 Å². The molecule has 2 unspecified atom stereocenters. The Hall–Kier alpha value is -1.37. The Morgan fingerprint density at radius 3 is 2.81 bits per heavy atom. The first kappa shape index (κ1) is 19.4. The second-order valence-corrected chi connectivity index (χ2v) is 9.03. The predicted molar refractivity (Wildman–Crippen MR) is 114 cm³/mol. The van der Waals surface area contributed by atoms with Crippen molar-refractivity contribution < 1.29 is 0 Å². The van der Waals surface area contributed by atoms with E-state index in [1.165, 1.54) is 29.1 Å². The van der Waals surface area contributed by atoms with E-state index in [4.69, 9.17) is 0 Å². The quantitative estimate of drug-likeness (QED) is 0.599. The summed E-state index contributed by atoms with van der Waals surface area (Å²) in [4.78, 5) is 12.2. The first-order valence-electron chi connectivity index (χ1n) is 9.37. The summed E-state index contributed by atoms with van der Waals surface area (Å²) in [7, 11) is 6.28. The molecule has 1 fully saturated rings. The molecule has 142 valence electrons. The number of thiophene rings is 2. The lowest BCUT2D eigenvalue weighted by Crippen LogP contribution is -2.45. The van der Waals surface area contributed by atoms with Gasteiger partial charge in [-0.2, -0.15) is 0 Å². The van der Waals surface area contributed by atoms with Gasteiger partial charge in [0.25, 0.3) is 0 Å². The highest BCUT2D eigenvalue weighted by molar-refractivity contribution is 7.10. The number of likely N-dealkylation sites (N-methyl/N-ethyl adjacent to an activating group) is 1. The molecule has 0 amide bonds. The first-order valence-corrected chi connectivity index (χ1v) is 11.1. The van der Waals surface area contributed by atoms with Crippen LogP contribution in [-0.4, -0.2) is 56.5 Å². The van der Waals surface area contributed by atoms with Crippen molar-refractivity contribution in [3.05, 3.63) is 44.8 Å². The van der Waals surface area contributed by atoms with Crippen molar-refractivity contribution in [2.75, 3.05) is 40.8 Å². The molecule has 3 rings (SSSR count). The standard InChI is InChI=1S/C20H30N4S2/c1-21-20(24(3)12-10-17-8-5-13-25-17)22-15-16-7-4-11-23(2)19(16)18-9-6-14-26-18/h5-6,8-9,13-14,16,19H,4,7,10-12,15H2,1-3H3,(H,21,22). The number of rotatable bonds is 6. The third-order valence-electron chi connectivity index (χ3n) is 5.21. The van der Waals surface area contributed by atoms with Gasteiger partial charge in [0.2, 0.25) is 0 Å². The Bertz CT molecular complexity index is 666. The smallest absolute Gasteiger partial charge is 0.193 e. The molecule has 0 aliphatic carbocycles. The van der Waals surface area contributed by atoms with Crippen LogP contribution in [0.4, 0.5) is 0 Å². The molecule has 0 radical (unpaired) electrons. The van der Waals surface area contributed by atoms with Crippen LogP contribution in [0.3, 0.4) is 0 Å². The Morgan fingerprint density at radius 1 is 1.31 bits per heavy atom. The number of hydrogen-bond acceptors (Lipinski definition) is 4. The average molecular weight is 391 g/mol. The van der Waals surface area contributed by atoms with Crippen molar-refractivity contribution in [1.82, 2.24) is 15.1 Å². The van der Waals surface area contributed by atoms with E-state index in [1.807, 2.05) is 29.7 Å². The van der Waals surface area contributed by atoms with E-state index in [-0.39, 0.29) is 0 Å². The summed E-state index contributed by atoms with van der Waals surface area (Å²) in [6.45, 7) is 3.15. The maximum Gasteiger partial charge on any atom is 0.193 e. The van der Waals surface area contributed by atoms with Crippen LogP contribution < -0.4 is 5.32 Å². The van der Waals surface area contributed by atoms with Gasteiger partial charge in [-0.05, 0) is 61.7 Å². The highest BCUT2D eigenvalue weighted by atomic mass is 32.1. The molecule has 2 aromatic heterocycles. The van der Waals surface area contributed by atoms with Gasteiger partial charge in [-0.15, -0.1) is 22.7 Å². The third kappa shape index (κ3) is 4.87. The van der Waals surface area contributed by atoms with E-state index in [0.29, 0.717) is 12.0 Å². The summed E-state index contributed by atoms with van der Waals surface area (Å²) in [5.74, 6) is 1.62. The molecule has 0 spiro atoms. The molecule has 4 nitrogen and oxygen atoms in total. The van der Waals surface area contributed by atoms with E-state index in [2.05, 4.69) is 69.2 Å². The topological polar surface area (TPSA) is 30.9 Å². The van der Waals surface area contributed by atoms with Gasteiger partial charge >= 0.3 is 0 Å². The molecule has 26 heavy (non-hydrogen) atoms. The van der Waals surface area contributed by atoms with Gasteiger partial charge in [-0.25, -0.2) is 0 Å². The Kier molecular flexibility index (Phi) is 7.11. The maximum absolute atomic E-state index is 4.50. The molecule has 0 bridgehead atoms. The van der Waals surface area contributed by atoms with Crippen molar-refractivity contribution in [2.45, 2.75) is 25.3 Å². The fourth-order valence-corrected chi connectivity index (χ4v) is 5.51. The number of guanidine groups is 1. The number of aliphatic imine (C=N–C) groups is 1. The molecule has 0 saturated carbocycles. The SMILES string of the molecule is CN=C(NCC1CCCN(C)C1c1cccs1)N(C)CCc1cccs1. The van der Waals surface area contributed by atoms with E-state index >= 15 is 0 Å². The van der Waals surface area contributed by atoms with E-state index in [1.54, 1.807) is 0 Å². The highest BCUT2D eigenvalue weighted by Gasteiger charge is 2.31. The fraction of sp³-hybridized carbons (Fsp3) is 0.550. The van der Waals surface area contributed by atoms with Crippen LogP contribution in [0.5, 0.6) is 0 Å². The number of likely N-dealkylation sites (tertiary alicyclic amines) is 1. The normalized spacial score (nSPS) is 21.7. The van der Waals surface area contributed by atoms with Crippen molar-refractivity contribution in [2.24, 2.45) is 10.9 Å². The van der Waals surface area contributed by atoms with Crippen molar-refractivity contribution in [3.63, 3.8) is 0 Å². The zero-order valence-electron chi connectivity index (χ0n) is 16.0. The molecular formula is C20H30N4S2. The molecule has 0 aromatic carbocycles. The van der Waals surface area contributed by atoms with Crippen LogP contribution in [-0.2, 0) is 6.42 Å². The number of hydrogen-bond donors (Lipinski definition) is 1. The monoisotopic (exact) mass is 390 g/mol. The molecular weight excluding hydrogens is 360 g/mol. The largest absolute Gasteiger partial charge is 0.356 e. The maximum atomic E-state index is 4.50. The van der Waals surface area contributed by atoms with Crippen LogP contribution in [0.25, 0.3) is 0 Å². The molecule has 1 aliphatic rings. The third-order valence-corrected chi connectivity index (χ3v) is 7.09. The Balaban J connectivity index is 1.56. The average Bonchev–Trinajstić information content (AvgIpc) is 3.34. The zero-order chi connectivity index (χ0) is 18.4. The molecule has 1 N–H and O–H groups in total. The van der Waals surface area contributed by atoms with Gasteiger partial charge in [0.1, 0.15) is 0 Å². The Morgan fingerprint density at radius 2 is 2.12 bits per heavy atom. The summed E-state index contributed by atoms with van der Waals surface area (Å²) in [6.07, 6.45) is 3.62. The fourth-order valence-electron chi connectivity index (χ4n) is 3.83. The van der Waals surface area contributed by atoms with Gasteiger partial charge in [0.05, 0.1) is 0 Å². The summed E-state index contributed by atoms with van der Waals surface area (Å²) in [6, 6.07) is 9.30. The van der Waals surface area contributed by atoms with Crippen LogP contribution in [0.2, 0.25) is 0 Å². The number of piperidine rings is 1. The van der Waals surface area contributed by atoms with E-state index in [0.717, 1.165) is 25.5 Å². The van der Waals surface area contributed by atoms with E-state index < -0.39 is 0 Å². The number of nitrogens with one attached hydrogen (secondary N) is 1. The lowest BCUT2D eigenvalue weighted by Gasteiger charge is -2.39. The molecule has 3 heterocycles. The van der Waals surface area contributed by atoms with Gasteiger partial charge in [-0.1, -0.05) is 12.1 Å². The minimum absolute atomic E-state index is 0.519. The van der Waals surface area contributed by atoms with Gasteiger partial charge in [-0.3, -0.25) is 9.89 Å². The zero-order valence-corrected chi connectivity index (χ0v) is 17.7. The van der Waals surface area contributed by atoms with Crippen LogP contribution in [0.1, 0.15) is 28.6 Å². The summed E-state index contributed by atoms with van der Waals surface area (Å²) >= 11 is 3.71. The van der Waals surface area contributed by atoms with Crippen molar-refractivity contribution >= 4 is 28.6 Å². The summed E-state index contributed by atoms with van der Waals surface area (Å²) < 4.78 is 0. The first-order chi connectivity index (χ1) is 12.7. The Labute approximate surface area is 165 Å². The molecule has 6 heteroatoms. The summed E-state index contributed by atoms with van der Waals surface area (Å²) in [5, 5.41) is 7.98. The lowest BCUT2D eigenvalue weighted by molar-refractivity contribution is 0.125. The predicted octanol–water partition coefficient (Wildman–Crippen LogP) is 3.94. The molecule has 1 saturated heterocycles. The van der Waals surface area contributed by atoms with Crippen LogP contribution in [0.15, 0.2) is 40.0 Å². The minimum atomic E-state index is 0.519. The van der Waals surface area contributed by atoms with Gasteiger partial charge in [0.15, 0.2) is 5.96 Å². The van der Waals surface area contributed by atoms with Gasteiger partial charge < -0.3 is 10.2 Å². The van der Waals surface area contributed by atoms with Gasteiger partial charge in [0, 0.05) is 43.0 Å². The second-order valence-electron chi connectivity index (χ2n) is 7.02. The minimum Gasteiger partial charge on any atom is -0.356 e. The number of nitrogens with zero attached hydrogens (tertiary/aromatic N) is 3.